The molecular formula is C14H18N2O. The van der Waals surface area contributed by atoms with Crippen LogP contribution < -0.4 is 5.73 Å². The molecule has 0 spiro atoms. The Morgan fingerprint density at radius 1 is 1.41 bits per heavy atom. The van der Waals surface area contributed by atoms with Crippen LogP contribution in [0.15, 0.2) is 30.5 Å². The Morgan fingerprint density at radius 2 is 2.18 bits per heavy atom. The predicted molar refractivity (Wildman–Crippen MR) is 69.9 cm³/mol. The van der Waals surface area contributed by atoms with Gasteiger partial charge in [-0.1, -0.05) is 25.1 Å². The first-order chi connectivity index (χ1) is 8.22. The van der Waals surface area contributed by atoms with Crippen molar-refractivity contribution < 1.29 is 4.79 Å². The number of Topliss-reactive ketones (excluding diaryl/α,β-unsaturated/α-hetero) is 1. The topological polar surface area (TPSA) is 58.9 Å². The van der Waals surface area contributed by atoms with Crippen LogP contribution in [0.1, 0.15) is 25.3 Å². The van der Waals surface area contributed by atoms with Gasteiger partial charge < -0.3 is 10.7 Å². The highest BCUT2D eigenvalue weighted by molar-refractivity contribution is 5.87. The molecule has 90 valence electrons. The van der Waals surface area contributed by atoms with Crippen LogP contribution in [0.2, 0.25) is 0 Å². The molecule has 1 atom stereocenters. The van der Waals surface area contributed by atoms with Crippen LogP contribution in [-0.4, -0.2) is 16.8 Å². The zero-order chi connectivity index (χ0) is 12.3. The monoisotopic (exact) mass is 230 g/mol. The highest BCUT2D eigenvalue weighted by Crippen LogP contribution is 2.19. The first-order valence-electron chi connectivity index (χ1n) is 6.05. The van der Waals surface area contributed by atoms with E-state index in [2.05, 4.69) is 11.1 Å². The average Bonchev–Trinajstić information content (AvgIpc) is 2.73. The summed E-state index contributed by atoms with van der Waals surface area (Å²) < 4.78 is 0. The number of ketones is 1. The minimum absolute atomic E-state index is 0.151. The summed E-state index contributed by atoms with van der Waals surface area (Å²) in [6.45, 7) is 2.00. The second-order valence-electron chi connectivity index (χ2n) is 4.39. The van der Waals surface area contributed by atoms with Gasteiger partial charge in [-0.05, 0) is 24.5 Å². The van der Waals surface area contributed by atoms with Crippen LogP contribution in [0.3, 0.4) is 0 Å². The zero-order valence-corrected chi connectivity index (χ0v) is 10.1. The normalized spacial score (nSPS) is 12.8. The number of rotatable bonds is 5. The van der Waals surface area contributed by atoms with Crippen molar-refractivity contribution in [1.29, 1.82) is 0 Å². The number of benzene rings is 1. The van der Waals surface area contributed by atoms with E-state index in [1.54, 1.807) is 0 Å². The van der Waals surface area contributed by atoms with E-state index in [-0.39, 0.29) is 11.8 Å². The second-order valence-corrected chi connectivity index (χ2v) is 4.39. The zero-order valence-electron chi connectivity index (χ0n) is 10.1. The summed E-state index contributed by atoms with van der Waals surface area (Å²) in [5.74, 6) is 0.151. The number of hydrogen-bond donors (Lipinski definition) is 2. The largest absolute Gasteiger partial charge is 0.361 e. The molecule has 0 radical (unpaired) electrons. The lowest BCUT2D eigenvalue weighted by Gasteiger charge is -2.08. The minimum Gasteiger partial charge on any atom is -0.361 e. The van der Waals surface area contributed by atoms with Crippen LogP contribution in [0, 0.1) is 0 Å². The number of carbonyl (C=O) groups is 1. The van der Waals surface area contributed by atoms with E-state index in [4.69, 9.17) is 5.73 Å². The summed E-state index contributed by atoms with van der Waals surface area (Å²) in [5, 5.41) is 1.16. The molecule has 0 unspecified atom stereocenters. The van der Waals surface area contributed by atoms with Gasteiger partial charge in [0, 0.05) is 23.5 Å². The Labute approximate surface area is 101 Å². The summed E-state index contributed by atoms with van der Waals surface area (Å²) in [7, 11) is 0. The molecule has 0 saturated heterocycles. The van der Waals surface area contributed by atoms with Crippen molar-refractivity contribution in [3.05, 3.63) is 36.0 Å². The lowest BCUT2D eigenvalue weighted by molar-refractivity contribution is -0.120. The molecule has 3 nitrogen and oxygen atoms in total. The summed E-state index contributed by atoms with van der Waals surface area (Å²) in [6.07, 6.45) is 4.00. The third-order valence-corrected chi connectivity index (χ3v) is 3.02. The number of H-pyrrole nitrogens is 1. The molecule has 0 aliphatic carbocycles. The van der Waals surface area contributed by atoms with Crippen LogP contribution in [-0.2, 0) is 11.2 Å². The Kier molecular flexibility index (Phi) is 3.59. The lowest BCUT2D eigenvalue weighted by atomic mass is 10.0. The van der Waals surface area contributed by atoms with E-state index in [1.807, 2.05) is 31.3 Å². The maximum Gasteiger partial charge on any atom is 0.149 e. The van der Waals surface area contributed by atoms with Crippen LogP contribution >= 0.6 is 0 Å². The fraction of sp³-hybridized carbons (Fsp3) is 0.357. The molecule has 0 aliphatic rings. The van der Waals surface area contributed by atoms with E-state index < -0.39 is 0 Å². The smallest absolute Gasteiger partial charge is 0.149 e. The number of nitrogens with one attached hydrogen (secondary N) is 1. The number of para-hydroxylation sites is 1. The molecule has 0 saturated carbocycles. The van der Waals surface area contributed by atoms with Gasteiger partial charge >= 0.3 is 0 Å². The summed E-state index contributed by atoms with van der Waals surface area (Å²) in [6, 6.07) is 7.69. The SMILES string of the molecule is CCCC(=O)[C@@H](N)Cc1c[nH]c2ccccc12. The molecule has 1 heterocycles. The van der Waals surface area contributed by atoms with Crippen LogP contribution in [0.5, 0.6) is 0 Å². The van der Waals surface area contributed by atoms with E-state index in [1.165, 1.54) is 0 Å². The Morgan fingerprint density at radius 3 is 2.94 bits per heavy atom. The van der Waals surface area contributed by atoms with Crippen molar-refractivity contribution in [2.24, 2.45) is 5.73 Å². The fourth-order valence-electron chi connectivity index (χ4n) is 2.08. The number of nitrogens with two attached hydrogens (primary N) is 1. The van der Waals surface area contributed by atoms with Gasteiger partial charge in [-0.25, -0.2) is 0 Å². The summed E-state index contributed by atoms with van der Waals surface area (Å²) >= 11 is 0. The van der Waals surface area contributed by atoms with Crippen molar-refractivity contribution in [2.45, 2.75) is 32.2 Å². The van der Waals surface area contributed by atoms with Crippen molar-refractivity contribution >= 4 is 16.7 Å². The van der Waals surface area contributed by atoms with E-state index in [0.29, 0.717) is 12.8 Å². The molecule has 1 aromatic heterocycles. The first kappa shape index (κ1) is 11.9. The average molecular weight is 230 g/mol. The molecule has 1 aromatic carbocycles. The number of hydrogen-bond acceptors (Lipinski definition) is 2. The third-order valence-electron chi connectivity index (χ3n) is 3.02. The van der Waals surface area contributed by atoms with Gasteiger partial charge in [-0.15, -0.1) is 0 Å². The van der Waals surface area contributed by atoms with Crippen LogP contribution in [0.4, 0.5) is 0 Å². The highest BCUT2D eigenvalue weighted by Gasteiger charge is 2.14. The molecular weight excluding hydrogens is 212 g/mol. The maximum absolute atomic E-state index is 11.7. The first-order valence-corrected chi connectivity index (χ1v) is 6.05. The van der Waals surface area contributed by atoms with Gasteiger partial charge in [0.05, 0.1) is 6.04 Å². The predicted octanol–water partition coefficient (Wildman–Crippen LogP) is 2.41. The van der Waals surface area contributed by atoms with Crippen molar-refractivity contribution in [3.8, 4) is 0 Å². The van der Waals surface area contributed by atoms with Gasteiger partial charge in [0.25, 0.3) is 0 Å². The number of aromatic amines is 1. The minimum atomic E-state index is -0.380. The molecule has 0 fully saturated rings. The summed E-state index contributed by atoms with van der Waals surface area (Å²) in [4.78, 5) is 14.9. The van der Waals surface area contributed by atoms with Crippen molar-refractivity contribution in [3.63, 3.8) is 0 Å². The van der Waals surface area contributed by atoms with E-state index >= 15 is 0 Å². The number of aromatic nitrogens is 1. The maximum atomic E-state index is 11.7. The molecule has 3 N–H and O–H groups in total. The van der Waals surface area contributed by atoms with Crippen LogP contribution in [0.25, 0.3) is 10.9 Å². The molecule has 2 rings (SSSR count). The number of fused-ring (bicyclic) bond motifs is 1. The van der Waals surface area contributed by atoms with Gasteiger partial charge in [0.1, 0.15) is 5.78 Å². The van der Waals surface area contributed by atoms with E-state index in [0.717, 1.165) is 22.9 Å². The Bertz CT molecular complexity index is 516. The standard InChI is InChI=1S/C14H18N2O/c1-2-5-14(17)12(15)8-10-9-16-13-7-4-3-6-11(10)13/h3-4,6-7,9,12,16H,2,5,8,15H2,1H3/t12-/m0/s1. The number of carbonyl (C=O) groups excluding carboxylic acids is 1. The Balaban J connectivity index is 2.16. The van der Waals surface area contributed by atoms with Gasteiger partial charge in [-0.2, -0.15) is 0 Å². The molecule has 3 heteroatoms. The lowest BCUT2D eigenvalue weighted by Crippen LogP contribution is -2.32. The highest BCUT2D eigenvalue weighted by atomic mass is 16.1. The molecule has 2 aromatic rings. The summed E-state index contributed by atoms with van der Waals surface area (Å²) in [5.41, 5.74) is 8.14. The molecule has 17 heavy (non-hydrogen) atoms. The quantitative estimate of drug-likeness (QED) is 0.828. The molecule has 0 amide bonds. The van der Waals surface area contributed by atoms with E-state index in [9.17, 15) is 4.79 Å². The molecule has 0 aliphatic heterocycles. The second kappa shape index (κ2) is 5.15. The van der Waals surface area contributed by atoms with Crippen molar-refractivity contribution in [2.75, 3.05) is 0 Å². The third kappa shape index (κ3) is 2.56. The van der Waals surface area contributed by atoms with Crippen molar-refractivity contribution in [1.82, 2.24) is 4.98 Å². The van der Waals surface area contributed by atoms with Gasteiger partial charge in [0.15, 0.2) is 0 Å². The van der Waals surface area contributed by atoms with Gasteiger partial charge in [-0.3, -0.25) is 4.79 Å². The Hall–Kier alpha value is -1.61. The molecule has 0 bridgehead atoms. The fourth-order valence-corrected chi connectivity index (χ4v) is 2.08. The van der Waals surface area contributed by atoms with Gasteiger partial charge in [0.2, 0.25) is 0 Å².